The Labute approximate surface area is 209 Å². The number of benzene rings is 1. The Morgan fingerprint density at radius 1 is 1.24 bits per heavy atom. The molecule has 1 aromatic rings. The predicted molar refractivity (Wildman–Crippen MR) is 134 cm³/mol. The molecule has 0 bridgehead atoms. The van der Waals surface area contributed by atoms with Crippen LogP contribution in [0.15, 0.2) is 30.3 Å². The average Bonchev–Trinajstić information content (AvgIpc) is 2.96. The monoisotopic (exact) mass is 519 g/mol. The van der Waals surface area contributed by atoms with Gasteiger partial charge in [-0.2, -0.15) is 4.31 Å². The molecule has 2 fully saturated rings. The van der Waals surface area contributed by atoms with Gasteiger partial charge in [0.25, 0.3) is 5.91 Å². The number of carbonyl (C=O) groups excluding carboxylic acids is 1. The van der Waals surface area contributed by atoms with Crippen molar-refractivity contribution in [2.45, 2.75) is 63.9 Å². The summed E-state index contributed by atoms with van der Waals surface area (Å²) in [6, 6.07) is 8.91. The van der Waals surface area contributed by atoms with Crippen molar-refractivity contribution in [3.63, 3.8) is 0 Å². The number of amides is 1. The summed E-state index contributed by atoms with van der Waals surface area (Å²) in [7, 11) is -1.74. The Hall–Kier alpha value is -1.26. The maximum atomic E-state index is 15.2. The minimum Gasteiger partial charge on any atom is -0.360 e. The zero-order chi connectivity index (χ0) is 24.1. The number of rotatable bonds is 8. The maximum absolute atomic E-state index is 15.2. The van der Waals surface area contributed by atoms with Gasteiger partial charge in [-0.05, 0) is 43.7 Å². The first-order chi connectivity index (χ1) is 15.7. The molecule has 34 heavy (non-hydrogen) atoms. The van der Waals surface area contributed by atoms with Crippen LogP contribution in [0.3, 0.4) is 0 Å². The molecule has 194 valence electrons. The molecule has 1 saturated carbocycles. The number of halogens is 2. The van der Waals surface area contributed by atoms with E-state index in [1.807, 2.05) is 13.0 Å². The largest absolute Gasteiger partial charge is 0.360 e. The van der Waals surface area contributed by atoms with Crippen molar-refractivity contribution in [3.05, 3.63) is 35.9 Å². The second kappa shape index (κ2) is 12.6. The number of hydrogen-bond donors (Lipinski definition) is 1. The highest BCUT2D eigenvalue weighted by Crippen LogP contribution is 2.40. The molecule has 4 atom stereocenters. The Kier molecular flexibility index (Phi) is 10.8. The summed E-state index contributed by atoms with van der Waals surface area (Å²) < 4.78 is 47.7. The molecule has 4 unspecified atom stereocenters. The van der Waals surface area contributed by atoms with Gasteiger partial charge in [0.15, 0.2) is 0 Å². The Balaban J connectivity index is 0.00000408. The molecule has 7 nitrogen and oxygen atoms in total. The lowest BCUT2D eigenvalue weighted by molar-refractivity contribution is -0.0916. The highest BCUT2D eigenvalue weighted by molar-refractivity contribution is 7.89. The van der Waals surface area contributed by atoms with Crippen molar-refractivity contribution in [3.8, 4) is 0 Å². The zero-order valence-corrected chi connectivity index (χ0v) is 22.0. The van der Waals surface area contributed by atoms with Crippen LogP contribution in [0.25, 0.3) is 0 Å². The molecule has 10 heteroatoms. The van der Waals surface area contributed by atoms with E-state index in [2.05, 4.69) is 17.1 Å². The van der Waals surface area contributed by atoms with Gasteiger partial charge in [-0.25, -0.2) is 12.8 Å². The first-order valence-corrected chi connectivity index (χ1v) is 13.6. The van der Waals surface area contributed by atoms with Gasteiger partial charge in [-0.3, -0.25) is 9.69 Å². The summed E-state index contributed by atoms with van der Waals surface area (Å²) >= 11 is 0. The van der Waals surface area contributed by atoms with E-state index in [1.165, 1.54) is 4.31 Å². The standard InChI is InChI=1S/C24H38FN3O4S.ClH/c1-4-16-33(30,31)28-14-12-27(13-15-28)24(11-10-19(2)17-21(25)18-24)23(32-3)26-22(29)20-8-6-5-7-9-20;/h5-9,19,21,23H,4,10-18H2,1-3H3,(H,26,29);1H. The smallest absolute Gasteiger partial charge is 0.253 e. The molecule has 1 aliphatic heterocycles. The molecule has 1 heterocycles. The van der Waals surface area contributed by atoms with E-state index in [0.717, 1.165) is 6.42 Å². The fraction of sp³-hybridized carbons (Fsp3) is 0.708. The van der Waals surface area contributed by atoms with E-state index in [1.54, 1.807) is 31.4 Å². The normalized spacial score (nSPS) is 27.9. The van der Waals surface area contributed by atoms with Crippen LogP contribution in [0.5, 0.6) is 0 Å². The van der Waals surface area contributed by atoms with E-state index in [0.29, 0.717) is 51.0 Å². The zero-order valence-electron chi connectivity index (χ0n) is 20.4. The summed E-state index contributed by atoms with van der Waals surface area (Å²) in [5.41, 5.74) is -0.228. The highest BCUT2D eigenvalue weighted by Gasteiger charge is 2.49. The van der Waals surface area contributed by atoms with Crippen LogP contribution in [0.4, 0.5) is 4.39 Å². The van der Waals surface area contributed by atoms with Crippen molar-refractivity contribution in [1.29, 1.82) is 0 Å². The van der Waals surface area contributed by atoms with Gasteiger partial charge in [0.1, 0.15) is 12.4 Å². The van der Waals surface area contributed by atoms with Crippen molar-refractivity contribution >= 4 is 28.3 Å². The summed E-state index contributed by atoms with van der Waals surface area (Å²) in [6.45, 7) is 5.59. The summed E-state index contributed by atoms with van der Waals surface area (Å²) in [5, 5.41) is 3.01. The van der Waals surface area contributed by atoms with Crippen molar-refractivity contribution in [2.24, 2.45) is 5.92 Å². The molecule has 0 spiro atoms. The van der Waals surface area contributed by atoms with Crippen LogP contribution < -0.4 is 5.32 Å². The highest BCUT2D eigenvalue weighted by atomic mass is 35.5. The third kappa shape index (κ3) is 6.69. The number of nitrogens with zero attached hydrogens (tertiary/aromatic N) is 2. The maximum Gasteiger partial charge on any atom is 0.253 e. The van der Waals surface area contributed by atoms with E-state index < -0.39 is 28.0 Å². The van der Waals surface area contributed by atoms with Crippen molar-refractivity contribution in [2.75, 3.05) is 39.0 Å². The molecule has 1 aromatic carbocycles. The van der Waals surface area contributed by atoms with Crippen molar-refractivity contribution in [1.82, 2.24) is 14.5 Å². The molecule has 0 radical (unpaired) electrons. The van der Waals surface area contributed by atoms with Gasteiger partial charge in [-0.15, -0.1) is 12.4 Å². The number of nitrogens with one attached hydrogen (secondary N) is 1. The van der Waals surface area contributed by atoms with Gasteiger partial charge in [0, 0.05) is 45.3 Å². The Bertz CT molecular complexity index is 883. The van der Waals surface area contributed by atoms with Gasteiger partial charge in [0.05, 0.1) is 11.3 Å². The Morgan fingerprint density at radius 2 is 1.88 bits per heavy atom. The number of hydrogen-bond acceptors (Lipinski definition) is 5. The summed E-state index contributed by atoms with van der Waals surface area (Å²) in [5.74, 6) is 0.102. The second-order valence-electron chi connectivity index (χ2n) is 9.44. The quantitative estimate of drug-likeness (QED) is 0.420. The van der Waals surface area contributed by atoms with Gasteiger partial charge in [0.2, 0.25) is 10.0 Å². The molecule has 0 aromatic heterocycles. The molecule has 3 rings (SSSR count). The average molecular weight is 520 g/mol. The SMILES string of the molecule is CCCS(=O)(=O)N1CCN(C2(C(NC(=O)c3ccccc3)OC)CCC(C)CC(F)C2)CC1.Cl. The fourth-order valence-electron chi connectivity index (χ4n) is 5.31. The lowest BCUT2D eigenvalue weighted by atomic mass is 9.84. The van der Waals surface area contributed by atoms with Gasteiger partial charge < -0.3 is 10.1 Å². The lowest BCUT2D eigenvalue weighted by Crippen LogP contribution is -2.67. The minimum atomic E-state index is -3.28. The molecule has 1 saturated heterocycles. The first kappa shape index (κ1) is 29.0. The number of sulfonamides is 1. The third-order valence-electron chi connectivity index (χ3n) is 7.05. The number of alkyl halides is 1. The number of methoxy groups -OCH3 is 1. The number of ether oxygens (including phenoxy) is 1. The number of carbonyl (C=O) groups is 1. The van der Waals surface area contributed by atoms with Crippen LogP contribution in [0.1, 0.15) is 56.3 Å². The predicted octanol–water partition coefficient (Wildman–Crippen LogP) is 3.46. The van der Waals surface area contributed by atoms with Crippen LogP contribution in [0, 0.1) is 5.92 Å². The fourth-order valence-corrected chi connectivity index (χ4v) is 6.81. The lowest BCUT2D eigenvalue weighted by Gasteiger charge is -2.51. The summed E-state index contributed by atoms with van der Waals surface area (Å²) in [4.78, 5) is 15.1. The van der Waals surface area contributed by atoms with E-state index in [9.17, 15) is 13.2 Å². The summed E-state index contributed by atoms with van der Waals surface area (Å²) in [6.07, 6.45) is 1.05. The topological polar surface area (TPSA) is 79.0 Å². The van der Waals surface area contributed by atoms with Crippen LogP contribution in [-0.4, -0.2) is 80.5 Å². The van der Waals surface area contributed by atoms with Crippen LogP contribution in [-0.2, 0) is 14.8 Å². The molecule has 2 aliphatic rings. The van der Waals surface area contributed by atoms with E-state index in [4.69, 9.17) is 4.74 Å². The molecule has 1 aliphatic carbocycles. The van der Waals surface area contributed by atoms with E-state index in [-0.39, 0.29) is 36.4 Å². The van der Waals surface area contributed by atoms with Crippen molar-refractivity contribution < 1.29 is 22.3 Å². The van der Waals surface area contributed by atoms with E-state index >= 15 is 4.39 Å². The third-order valence-corrected chi connectivity index (χ3v) is 9.13. The van der Waals surface area contributed by atoms with Crippen LogP contribution in [0.2, 0.25) is 0 Å². The minimum absolute atomic E-state index is 0. The van der Waals surface area contributed by atoms with Gasteiger partial charge >= 0.3 is 0 Å². The second-order valence-corrected chi connectivity index (χ2v) is 11.5. The number of piperazine rings is 1. The molecular weight excluding hydrogens is 481 g/mol. The van der Waals surface area contributed by atoms with Gasteiger partial charge in [-0.1, -0.05) is 32.0 Å². The Morgan fingerprint density at radius 3 is 2.47 bits per heavy atom. The molecule has 1 N–H and O–H groups in total. The molecular formula is C24H39ClFN3O4S. The first-order valence-electron chi connectivity index (χ1n) is 12.0. The molecule has 1 amide bonds. The van der Waals surface area contributed by atoms with Crippen LogP contribution >= 0.6 is 12.4 Å².